The van der Waals surface area contributed by atoms with Gasteiger partial charge >= 0.3 is 0 Å². The van der Waals surface area contributed by atoms with E-state index >= 15 is 0 Å². The van der Waals surface area contributed by atoms with Gasteiger partial charge in [-0.05, 0) is 44.2 Å². The Bertz CT molecular complexity index is 553. The zero-order valence-corrected chi connectivity index (χ0v) is 12.2. The second kappa shape index (κ2) is 6.27. The number of fused-ring (bicyclic) bond motifs is 1. The summed E-state index contributed by atoms with van der Waals surface area (Å²) in [7, 11) is 0. The molecular formula is C18H24N2. The van der Waals surface area contributed by atoms with Crippen LogP contribution in [0.25, 0.3) is 10.8 Å². The minimum atomic E-state index is 0.497. The van der Waals surface area contributed by atoms with E-state index in [0.717, 1.165) is 0 Å². The molecule has 0 aliphatic carbocycles. The van der Waals surface area contributed by atoms with E-state index in [2.05, 4.69) is 60.0 Å². The van der Waals surface area contributed by atoms with Crippen LogP contribution in [0.3, 0.4) is 0 Å². The van der Waals surface area contributed by atoms with Crippen LogP contribution < -0.4 is 10.6 Å². The Hall–Kier alpha value is -1.54. The van der Waals surface area contributed by atoms with Gasteiger partial charge in [0, 0.05) is 23.2 Å². The Kier molecular flexibility index (Phi) is 4.22. The molecule has 1 fully saturated rings. The average molecular weight is 268 g/mol. The van der Waals surface area contributed by atoms with E-state index in [4.69, 9.17) is 0 Å². The second-order valence-corrected chi connectivity index (χ2v) is 5.95. The van der Waals surface area contributed by atoms with Gasteiger partial charge in [-0.25, -0.2) is 0 Å². The first kappa shape index (κ1) is 13.4. The van der Waals surface area contributed by atoms with Crippen LogP contribution in [0.15, 0.2) is 42.5 Å². The van der Waals surface area contributed by atoms with Gasteiger partial charge in [0.05, 0.1) is 0 Å². The Morgan fingerprint density at radius 2 is 2.00 bits per heavy atom. The molecule has 0 bridgehead atoms. The topological polar surface area (TPSA) is 24.1 Å². The quantitative estimate of drug-likeness (QED) is 0.869. The van der Waals surface area contributed by atoms with Crippen molar-refractivity contribution in [3.8, 4) is 0 Å². The maximum Gasteiger partial charge on any atom is 0.0421 e. The third-order valence-corrected chi connectivity index (χ3v) is 4.24. The number of rotatable bonds is 4. The van der Waals surface area contributed by atoms with Crippen molar-refractivity contribution in [3.63, 3.8) is 0 Å². The molecule has 20 heavy (non-hydrogen) atoms. The minimum Gasteiger partial charge on any atom is -0.382 e. The van der Waals surface area contributed by atoms with E-state index in [1.165, 1.54) is 48.7 Å². The van der Waals surface area contributed by atoms with Crippen molar-refractivity contribution in [2.75, 3.05) is 11.9 Å². The van der Waals surface area contributed by atoms with E-state index in [1.54, 1.807) is 0 Å². The van der Waals surface area contributed by atoms with Crippen LogP contribution in [0.2, 0.25) is 0 Å². The van der Waals surface area contributed by atoms with Gasteiger partial charge < -0.3 is 10.6 Å². The van der Waals surface area contributed by atoms with E-state index in [9.17, 15) is 0 Å². The Morgan fingerprint density at radius 3 is 2.85 bits per heavy atom. The molecule has 0 spiro atoms. The van der Waals surface area contributed by atoms with E-state index in [0.29, 0.717) is 12.1 Å². The third kappa shape index (κ3) is 3.13. The number of nitrogens with one attached hydrogen (secondary N) is 2. The standard InChI is InChI=1S/C18H24N2/c1-14(13-16-9-4-5-12-19-16)20-18-11-6-8-15-7-2-3-10-17(15)18/h2-3,6-8,10-11,14,16,19-20H,4-5,9,12-13H2,1H3. The van der Waals surface area contributed by atoms with E-state index < -0.39 is 0 Å². The normalized spacial score (nSPS) is 20.8. The lowest BCUT2D eigenvalue weighted by molar-refractivity contribution is 0.371. The monoisotopic (exact) mass is 268 g/mol. The molecule has 2 nitrogen and oxygen atoms in total. The van der Waals surface area contributed by atoms with Gasteiger partial charge in [0.25, 0.3) is 0 Å². The van der Waals surface area contributed by atoms with Crippen molar-refractivity contribution in [3.05, 3.63) is 42.5 Å². The molecule has 0 amide bonds. The van der Waals surface area contributed by atoms with Crippen LogP contribution in [0, 0.1) is 0 Å². The zero-order valence-electron chi connectivity index (χ0n) is 12.2. The molecule has 0 radical (unpaired) electrons. The first-order chi connectivity index (χ1) is 9.83. The Morgan fingerprint density at radius 1 is 1.15 bits per heavy atom. The number of hydrogen-bond acceptors (Lipinski definition) is 2. The Labute approximate surface area is 121 Å². The molecule has 2 aromatic rings. The third-order valence-electron chi connectivity index (χ3n) is 4.24. The first-order valence-corrected chi connectivity index (χ1v) is 7.80. The van der Waals surface area contributed by atoms with Gasteiger partial charge in [0.2, 0.25) is 0 Å². The summed E-state index contributed by atoms with van der Waals surface area (Å²) in [6, 6.07) is 16.3. The zero-order chi connectivity index (χ0) is 13.8. The van der Waals surface area contributed by atoms with Gasteiger partial charge in [0.1, 0.15) is 0 Å². The number of hydrogen-bond donors (Lipinski definition) is 2. The maximum absolute atomic E-state index is 3.69. The molecule has 2 heteroatoms. The van der Waals surface area contributed by atoms with Crippen molar-refractivity contribution >= 4 is 16.5 Å². The highest BCUT2D eigenvalue weighted by Gasteiger charge is 2.16. The smallest absolute Gasteiger partial charge is 0.0421 e. The van der Waals surface area contributed by atoms with Crippen LogP contribution in [-0.2, 0) is 0 Å². The molecule has 1 aliphatic heterocycles. The SMILES string of the molecule is CC(CC1CCCCN1)Nc1cccc2ccccc12. The van der Waals surface area contributed by atoms with Gasteiger partial charge in [0.15, 0.2) is 0 Å². The van der Waals surface area contributed by atoms with Gasteiger partial charge in [-0.15, -0.1) is 0 Å². The second-order valence-electron chi connectivity index (χ2n) is 5.95. The average Bonchev–Trinajstić information content (AvgIpc) is 2.48. The predicted molar refractivity (Wildman–Crippen MR) is 87.3 cm³/mol. The lowest BCUT2D eigenvalue weighted by Gasteiger charge is -2.27. The van der Waals surface area contributed by atoms with Crippen molar-refractivity contribution in [2.24, 2.45) is 0 Å². The van der Waals surface area contributed by atoms with Crippen LogP contribution in [0.4, 0.5) is 5.69 Å². The lowest BCUT2D eigenvalue weighted by Crippen LogP contribution is -2.37. The fourth-order valence-corrected chi connectivity index (χ4v) is 3.23. The summed E-state index contributed by atoms with van der Waals surface area (Å²) in [6.07, 6.45) is 5.23. The summed E-state index contributed by atoms with van der Waals surface area (Å²) in [4.78, 5) is 0. The largest absolute Gasteiger partial charge is 0.382 e. The van der Waals surface area contributed by atoms with Crippen molar-refractivity contribution in [1.82, 2.24) is 5.32 Å². The van der Waals surface area contributed by atoms with Crippen LogP contribution in [-0.4, -0.2) is 18.6 Å². The highest BCUT2D eigenvalue weighted by Crippen LogP contribution is 2.24. The molecule has 2 N–H and O–H groups in total. The maximum atomic E-state index is 3.69. The van der Waals surface area contributed by atoms with Crippen LogP contribution in [0.5, 0.6) is 0 Å². The molecule has 1 aliphatic rings. The summed E-state index contributed by atoms with van der Waals surface area (Å²) >= 11 is 0. The molecule has 0 aromatic heterocycles. The van der Waals surface area contributed by atoms with Gasteiger partial charge in [-0.3, -0.25) is 0 Å². The molecule has 0 saturated carbocycles. The fraction of sp³-hybridized carbons (Fsp3) is 0.444. The van der Waals surface area contributed by atoms with Crippen LogP contribution in [0.1, 0.15) is 32.6 Å². The highest BCUT2D eigenvalue weighted by molar-refractivity contribution is 5.93. The minimum absolute atomic E-state index is 0.497. The van der Waals surface area contributed by atoms with E-state index in [-0.39, 0.29) is 0 Å². The number of piperidine rings is 1. The number of anilines is 1. The lowest BCUT2D eigenvalue weighted by atomic mass is 9.98. The molecule has 2 atom stereocenters. The van der Waals surface area contributed by atoms with Crippen molar-refractivity contribution in [2.45, 2.75) is 44.7 Å². The summed E-state index contributed by atoms with van der Waals surface area (Å²) in [6.45, 7) is 3.48. The summed E-state index contributed by atoms with van der Waals surface area (Å²) in [5, 5.41) is 9.95. The molecule has 2 unspecified atom stereocenters. The summed E-state index contributed by atoms with van der Waals surface area (Å²) < 4.78 is 0. The summed E-state index contributed by atoms with van der Waals surface area (Å²) in [5.41, 5.74) is 1.26. The molecule has 1 heterocycles. The van der Waals surface area contributed by atoms with Crippen LogP contribution >= 0.6 is 0 Å². The fourth-order valence-electron chi connectivity index (χ4n) is 3.23. The first-order valence-electron chi connectivity index (χ1n) is 7.80. The summed E-state index contributed by atoms with van der Waals surface area (Å²) in [5.74, 6) is 0. The molecule has 3 rings (SSSR count). The van der Waals surface area contributed by atoms with Crippen molar-refractivity contribution < 1.29 is 0 Å². The Balaban J connectivity index is 1.69. The highest BCUT2D eigenvalue weighted by atomic mass is 15.0. The molecular weight excluding hydrogens is 244 g/mol. The van der Waals surface area contributed by atoms with Gasteiger partial charge in [-0.1, -0.05) is 42.8 Å². The molecule has 2 aromatic carbocycles. The molecule has 1 saturated heterocycles. The predicted octanol–water partition coefficient (Wildman–Crippen LogP) is 4.17. The number of benzene rings is 2. The molecule has 106 valence electrons. The van der Waals surface area contributed by atoms with Gasteiger partial charge in [-0.2, -0.15) is 0 Å². The van der Waals surface area contributed by atoms with Crippen molar-refractivity contribution in [1.29, 1.82) is 0 Å². The van der Waals surface area contributed by atoms with E-state index in [1.807, 2.05) is 0 Å².